The number of ether oxygens (including phenoxy) is 1. The number of nitrogens with one attached hydrogen (secondary N) is 2. The molecule has 2 N–H and O–H groups in total. The van der Waals surface area contributed by atoms with Crippen LogP contribution in [0.25, 0.3) is 0 Å². The Balaban J connectivity index is 4.68. The van der Waals surface area contributed by atoms with E-state index < -0.39 is 0 Å². The van der Waals surface area contributed by atoms with Crippen molar-refractivity contribution in [3.05, 3.63) is 12.3 Å². The molecule has 1 atom stereocenters. The van der Waals surface area contributed by atoms with Gasteiger partial charge in [0.2, 0.25) is 0 Å². The number of hydrogen-bond acceptors (Lipinski definition) is 2. The molecule has 0 unspecified atom stereocenters. The number of hydrogen-bond donors (Lipinski definition) is 2. The maximum absolute atomic E-state index is 11.3. The third kappa shape index (κ3) is 5.05. The Morgan fingerprint density at radius 3 is 2.12 bits per heavy atom. The summed E-state index contributed by atoms with van der Waals surface area (Å²) in [6.07, 6.45) is 0.0591. The zero-order valence-electron chi connectivity index (χ0n) is 11.2. The van der Waals surface area contributed by atoms with Crippen LogP contribution in [0.3, 0.4) is 0 Å². The van der Waals surface area contributed by atoms with Crippen molar-refractivity contribution in [1.82, 2.24) is 10.6 Å². The van der Waals surface area contributed by atoms with Gasteiger partial charge in [0.05, 0.1) is 12.1 Å². The summed E-state index contributed by atoms with van der Waals surface area (Å²) in [6.45, 7) is 13.8. The summed E-state index contributed by atoms with van der Waals surface area (Å²) < 4.78 is 5.55. The summed E-state index contributed by atoms with van der Waals surface area (Å²) in [6, 6.07) is -0.441. The highest BCUT2D eigenvalue weighted by Gasteiger charge is 2.30. The minimum absolute atomic E-state index is 0.0591. The van der Waals surface area contributed by atoms with E-state index in [1.807, 2.05) is 34.6 Å². The standard InChI is InChI=1S/C12H24N2O2/c1-8(2)16-9(3)10(12(4,5)6)14-11(15)13-7/h8,10H,3H2,1-2,4-7H3,(H2,13,14,15)/t10-/m0/s1. The Kier molecular flexibility index (Phi) is 5.35. The van der Waals surface area contributed by atoms with E-state index >= 15 is 0 Å². The molecule has 4 heteroatoms. The molecule has 0 saturated heterocycles. The van der Waals surface area contributed by atoms with E-state index in [1.54, 1.807) is 7.05 Å². The zero-order chi connectivity index (χ0) is 12.9. The first-order valence-electron chi connectivity index (χ1n) is 5.52. The fourth-order valence-electron chi connectivity index (χ4n) is 1.35. The largest absolute Gasteiger partial charge is 0.494 e. The lowest BCUT2D eigenvalue weighted by Crippen LogP contribution is -2.48. The SMILES string of the molecule is C=C(OC(C)C)[C@H](NC(=O)NC)C(C)(C)C. The monoisotopic (exact) mass is 228 g/mol. The fourth-order valence-corrected chi connectivity index (χ4v) is 1.35. The Morgan fingerprint density at radius 1 is 1.31 bits per heavy atom. The van der Waals surface area contributed by atoms with Gasteiger partial charge in [0.1, 0.15) is 5.76 Å². The molecule has 0 fully saturated rings. The van der Waals surface area contributed by atoms with Crippen LogP contribution in [0, 0.1) is 5.41 Å². The number of carbonyl (C=O) groups is 1. The first-order chi connectivity index (χ1) is 7.18. The molecule has 0 aromatic rings. The highest BCUT2D eigenvalue weighted by atomic mass is 16.5. The van der Waals surface area contributed by atoms with Crippen molar-refractivity contribution in [2.24, 2.45) is 5.41 Å². The molecule has 0 aromatic carbocycles. The first-order valence-corrected chi connectivity index (χ1v) is 5.52. The molecule has 4 nitrogen and oxygen atoms in total. The van der Waals surface area contributed by atoms with Crippen LogP contribution >= 0.6 is 0 Å². The van der Waals surface area contributed by atoms with Crippen LogP contribution in [-0.4, -0.2) is 25.2 Å². The fraction of sp³-hybridized carbons (Fsp3) is 0.750. The van der Waals surface area contributed by atoms with Gasteiger partial charge in [0, 0.05) is 7.05 Å². The molecule has 16 heavy (non-hydrogen) atoms. The second-order valence-corrected chi connectivity index (χ2v) is 5.16. The number of carbonyl (C=O) groups excluding carboxylic acids is 1. The van der Waals surface area contributed by atoms with Gasteiger partial charge in [-0.25, -0.2) is 4.79 Å². The topological polar surface area (TPSA) is 50.4 Å². The van der Waals surface area contributed by atoms with Crippen molar-refractivity contribution >= 4 is 6.03 Å². The van der Waals surface area contributed by atoms with Crippen LogP contribution in [0.4, 0.5) is 4.79 Å². The number of rotatable bonds is 4. The lowest BCUT2D eigenvalue weighted by Gasteiger charge is -2.33. The lowest BCUT2D eigenvalue weighted by molar-refractivity contribution is 0.105. The predicted octanol–water partition coefficient (Wildman–Crippen LogP) is 2.27. The van der Waals surface area contributed by atoms with Crippen LogP contribution in [0.15, 0.2) is 12.3 Å². The molecule has 0 aliphatic rings. The molecule has 0 aliphatic carbocycles. The summed E-state index contributed by atoms with van der Waals surface area (Å²) in [5, 5.41) is 5.37. The second-order valence-electron chi connectivity index (χ2n) is 5.16. The quantitative estimate of drug-likeness (QED) is 0.725. The molecular weight excluding hydrogens is 204 g/mol. The highest BCUT2D eigenvalue weighted by molar-refractivity contribution is 5.74. The van der Waals surface area contributed by atoms with E-state index in [2.05, 4.69) is 17.2 Å². The second kappa shape index (κ2) is 5.77. The van der Waals surface area contributed by atoms with Crippen molar-refractivity contribution in [3.63, 3.8) is 0 Å². The molecule has 2 amide bonds. The van der Waals surface area contributed by atoms with Crippen LogP contribution in [0.2, 0.25) is 0 Å². The average Bonchev–Trinajstić information content (AvgIpc) is 2.10. The van der Waals surface area contributed by atoms with Crippen LogP contribution in [0.1, 0.15) is 34.6 Å². The normalized spacial score (nSPS) is 13.2. The van der Waals surface area contributed by atoms with Crippen LogP contribution in [0.5, 0.6) is 0 Å². The third-order valence-electron chi connectivity index (χ3n) is 2.08. The predicted molar refractivity (Wildman–Crippen MR) is 66.2 cm³/mol. The van der Waals surface area contributed by atoms with E-state index in [0.29, 0.717) is 5.76 Å². The van der Waals surface area contributed by atoms with Crippen molar-refractivity contribution in [1.29, 1.82) is 0 Å². The van der Waals surface area contributed by atoms with Gasteiger partial charge < -0.3 is 15.4 Å². The lowest BCUT2D eigenvalue weighted by atomic mass is 9.86. The summed E-state index contributed by atoms with van der Waals surface area (Å²) in [5.41, 5.74) is -0.140. The molecule has 0 radical (unpaired) electrons. The third-order valence-corrected chi connectivity index (χ3v) is 2.08. The van der Waals surface area contributed by atoms with Gasteiger partial charge in [0.15, 0.2) is 0 Å². The van der Waals surface area contributed by atoms with E-state index in [4.69, 9.17) is 4.74 Å². The summed E-state index contributed by atoms with van der Waals surface area (Å²) in [7, 11) is 1.58. The van der Waals surface area contributed by atoms with E-state index in [-0.39, 0.29) is 23.6 Å². The van der Waals surface area contributed by atoms with E-state index in [0.717, 1.165) is 0 Å². The van der Waals surface area contributed by atoms with E-state index in [1.165, 1.54) is 0 Å². The molecule has 0 saturated carbocycles. The minimum Gasteiger partial charge on any atom is -0.494 e. The van der Waals surface area contributed by atoms with Gasteiger partial charge in [-0.2, -0.15) is 0 Å². The number of amides is 2. The Labute approximate surface area is 98.4 Å². The van der Waals surface area contributed by atoms with Crippen molar-refractivity contribution in [2.75, 3.05) is 7.05 Å². The van der Waals surface area contributed by atoms with Crippen LogP contribution in [-0.2, 0) is 4.74 Å². The zero-order valence-corrected chi connectivity index (χ0v) is 11.2. The van der Waals surface area contributed by atoms with Gasteiger partial charge >= 0.3 is 6.03 Å². The van der Waals surface area contributed by atoms with Gasteiger partial charge in [-0.15, -0.1) is 0 Å². The molecule has 0 aliphatic heterocycles. The van der Waals surface area contributed by atoms with Gasteiger partial charge in [-0.1, -0.05) is 27.4 Å². The minimum atomic E-state index is -0.228. The smallest absolute Gasteiger partial charge is 0.315 e. The number of urea groups is 1. The first kappa shape index (κ1) is 14.8. The van der Waals surface area contributed by atoms with Gasteiger partial charge in [-0.05, 0) is 19.3 Å². The summed E-state index contributed by atoms with van der Waals surface area (Å²) in [5.74, 6) is 0.589. The molecule has 0 aromatic heterocycles. The van der Waals surface area contributed by atoms with Crippen molar-refractivity contribution in [3.8, 4) is 0 Å². The maximum Gasteiger partial charge on any atom is 0.315 e. The van der Waals surface area contributed by atoms with E-state index in [9.17, 15) is 4.79 Å². The summed E-state index contributed by atoms with van der Waals surface area (Å²) in [4.78, 5) is 11.3. The molecule has 0 rings (SSSR count). The molecule has 0 heterocycles. The Morgan fingerprint density at radius 2 is 1.81 bits per heavy atom. The Bertz CT molecular complexity index is 254. The molecule has 0 bridgehead atoms. The maximum atomic E-state index is 11.3. The van der Waals surface area contributed by atoms with Gasteiger partial charge in [0.25, 0.3) is 0 Å². The van der Waals surface area contributed by atoms with Crippen molar-refractivity contribution < 1.29 is 9.53 Å². The Hall–Kier alpha value is -1.19. The average molecular weight is 228 g/mol. The van der Waals surface area contributed by atoms with Crippen LogP contribution < -0.4 is 10.6 Å². The molecule has 0 spiro atoms. The highest BCUT2D eigenvalue weighted by Crippen LogP contribution is 2.25. The molecule has 94 valence electrons. The van der Waals surface area contributed by atoms with Crippen molar-refractivity contribution in [2.45, 2.75) is 46.8 Å². The molecular formula is C12H24N2O2. The van der Waals surface area contributed by atoms with Gasteiger partial charge in [-0.3, -0.25) is 0 Å². The summed E-state index contributed by atoms with van der Waals surface area (Å²) >= 11 is 0.